The maximum atomic E-state index is 9.04. The molecule has 1 saturated heterocycles. The Morgan fingerprint density at radius 3 is 2.62 bits per heavy atom. The molecule has 0 atom stereocenters. The van der Waals surface area contributed by atoms with Gasteiger partial charge in [0, 0.05) is 31.9 Å². The second kappa shape index (κ2) is 6.46. The molecule has 0 radical (unpaired) electrons. The fraction of sp³-hybridized carbons (Fsp3) is 0.389. The number of hydrogen-bond acceptors (Lipinski definition) is 6. The van der Waals surface area contributed by atoms with Crippen molar-refractivity contribution in [2.75, 3.05) is 25.2 Å². The van der Waals surface area contributed by atoms with E-state index >= 15 is 0 Å². The van der Waals surface area contributed by atoms with Crippen molar-refractivity contribution >= 4 is 5.82 Å². The summed E-state index contributed by atoms with van der Waals surface area (Å²) < 4.78 is 5.22. The van der Waals surface area contributed by atoms with Gasteiger partial charge in [0.15, 0.2) is 0 Å². The van der Waals surface area contributed by atoms with Crippen LogP contribution in [0.3, 0.4) is 0 Å². The Morgan fingerprint density at radius 1 is 1.21 bits per heavy atom. The van der Waals surface area contributed by atoms with Crippen molar-refractivity contribution in [3.63, 3.8) is 0 Å². The minimum Gasteiger partial charge on any atom is -0.497 e. The van der Waals surface area contributed by atoms with Crippen LogP contribution >= 0.6 is 0 Å². The average molecular weight is 323 g/mol. The molecule has 1 aliphatic rings. The molecule has 0 unspecified atom stereocenters. The second-order valence-corrected chi connectivity index (χ2v) is 6.74. The lowest BCUT2D eigenvalue weighted by molar-refractivity contribution is 0.267. The fourth-order valence-electron chi connectivity index (χ4n) is 2.99. The summed E-state index contributed by atoms with van der Waals surface area (Å²) in [4.78, 5) is 8.31. The summed E-state index contributed by atoms with van der Waals surface area (Å²) in [6.45, 7) is 7.02. The van der Waals surface area contributed by atoms with Gasteiger partial charge in [-0.05, 0) is 23.1 Å². The van der Waals surface area contributed by atoms with Crippen molar-refractivity contribution in [3.8, 4) is 11.8 Å². The third kappa shape index (κ3) is 3.47. The summed E-state index contributed by atoms with van der Waals surface area (Å²) in [5, 5.41) is 13.5. The van der Waals surface area contributed by atoms with Gasteiger partial charge < -0.3 is 4.74 Å². The standard InChI is InChI=1S/C18H21N5O/c1-18(2)12-22(11-14-4-6-15(24-3)7-5-14)23(13-18)17-8-9-20-16(10-19)21-17/h4-9H,11-13H2,1-3H3. The highest BCUT2D eigenvalue weighted by molar-refractivity contribution is 5.40. The average Bonchev–Trinajstić information content (AvgIpc) is 2.90. The third-order valence-corrected chi connectivity index (χ3v) is 4.06. The predicted molar refractivity (Wildman–Crippen MR) is 91.3 cm³/mol. The first-order valence-corrected chi connectivity index (χ1v) is 7.89. The predicted octanol–water partition coefficient (Wildman–Crippen LogP) is 2.62. The number of anilines is 1. The first kappa shape index (κ1) is 16.2. The largest absolute Gasteiger partial charge is 0.497 e. The zero-order valence-electron chi connectivity index (χ0n) is 14.2. The SMILES string of the molecule is COc1ccc(CN2CC(C)(C)CN2c2ccnc(C#N)n2)cc1. The van der Waals surface area contributed by atoms with Crippen molar-refractivity contribution < 1.29 is 4.74 Å². The van der Waals surface area contributed by atoms with Crippen molar-refractivity contribution in [1.82, 2.24) is 15.0 Å². The van der Waals surface area contributed by atoms with E-state index in [4.69, 9.17) is 10.00 Å². The highest BCUT2D eigenvalue weighted by atomic mass is 16.5. The molecule has 6 nitrogen and oxygen atoms in total. The zero-order valence-corrected chi connectivity index (χ0v) is 14.2. The molecule has 2 aromatic rings. The number of nitrogens with zero attached hydrogens (tertiary/aromatic N) is 5. The lowest BCUT2D eigenvalue weighted by Crippen LogP contribution is -2.36. The molecule has 0 bridgehead atoms. The number of aromatic nitrogens is 2. The van der Waals surface area contributed by atoms with Gasteiger partial charge in [0.05, 0.1) is 7.11 Å². The Labute approximate surface area is 142 Å². The topological polar surface area (TPSA) is 65.3 Å². The molecule has 3 rings (SSSR count). The van der Waals surface area contributed by atoms with Crippen molar-refractivity contribution in [1.29, 1.82) is 5.26 Å². The second-order valence-electron chi connectivity index (χ2n) is 6.74. The minimum atomic E-state index is 0.143. The molecule has 1 aromatic heterocycles. The van der Waals surface area contributed by atoms with E-state index in [1.807, 2.05) is 24.3 Å². The van der Waals surface area contributed by atoms with Crippen molar-refractivity contribution in [3.05, 3.63) is 47.9 Å². The number of ether oxygens (including phenoxy) is 1. The van der Waals surface area contributed by atoms with E-state index in [9.17, 15) is 0 Å². The molecule has 0 aliphatic carbocycles. The molecule has 6 heteroatoms. The van der Waals surface area contributed by atoms with Crippen LogP contribution in [-0.4, -0.2) is 35.2 Å². The third-order valence-electron chi connectivity index (χ3n) is 4.06. The van der Waals surface area contributed by atoms with Crippen LogP contribution in [0.1, 0.15) is 25.2 Å². The normalized spacial score (nSPS) is 16.8. The first-order valence-electron chi connectivity index (χ1n) is 7.89. The lowest BCUT2D eigenvalue weighted by Gasteiger charge is -2.28. The van der Waals surface area contributed by atoms with E-state index in [0.29, 0.717) is 0 Å². The van der Waals surface area contributed by atoms with Crippen LogP contribution in [0.2, 0.25) is 0 Å². The van der Waals surface area contributed by atoms with E-state index in [2.05, 4.69) is 46.0 Å². The van der Waals surface area contributed by atoms with Gasteiger partial charge in [-0.2, -0.15) is 5.26 Å². The highest BCUT2D eigenvalue weighted by Gasteiger charge is 2.36. The maximum absolute atomic E-state index is 9.04. The Balaban J connectivity index is 1.84. The number of methoxy groups -OCH3 is 1. The summed E-state index contributed by atoms with van der Waals surface area (Å²) in [7, 11) is 1.67. The van der Waals surface area contributed by atoms with E-state index in [1.54, 1.807) is 13.3 Å². The van der Waals surface area contributed by atoms with Gasteiger partial charge in [0.2, 0.25) is 5.82 Å². The number of hydrazine groups is 1. The molecular weight excluding hydrogens is 302 g/mol. The quantitative estimate of drug-likeness (QED) is 0.862. The monoisotopic (exact) mass is 323 g/mol. The van der Waals surface area contributed by atoms with Gasteiger partial charge in [0.1, 0.15) is 17.6 Å². The van der Waals surface area contributed by atoms with Crippen LogP contribution < -0.4 is 9.75 Å². The maximum Gasteiger partial charge on any atom is 0.234 e. The van der Waals surface area contributed by atoms with Crippen LogP contribution in [0.5, 0.6) is 5.75 Å². The smallest absolute Gasteiger partial charge is 0.234 e. The van der Waals surface area contributed by atoms with Gasteiger partial charge >= 0.3 is 0 Å². The van der Waals surface area contributed by atoms with E-state index in [0.717, 1.165) is 31.2 Å². The molecule has 0 spiro atoms. The summed E-state index contributed by atoms with van der Waals surface area (Å²) in [5.74, 6) is 1.81. The number of benzene rings is 1. The highest BCUT2D eigenvalue weighted by Crippen LogP contribution is 2.32. The lowest BCUT2D eigenvalue weighted by atomic mass is 9.95. The van der Waals surface area contributed by atoms with E-state index in [-0.39, 0.29) is 11.2 Å². The fourth-order valence-corrected chi connectivity index (χ4v) is 2.99. The minimum absolute atomic E-state index is 0.143. The van der Waals surface area contributed by atoms with Gasteiger partial charge in [-0.15, -0.1) is 0 Å². The molecule has 124 valence electrons. The van der Waals surface area contributed by atoms with Gasteiger partial charge in [-0.25, -0.2) is 15.0 Å². The molecule has 1 fully saturated rings. The molecule has 0 N–H and O–H groups in total. The molecule has 0 amide bonds. The first-order chi connectivity index (χ1) is 11.5. The van der Waals surface area contributed by atoms with Gasteiger partial charge in [-0.1, -0.05) is 26.0 Å². The summed E-state index contributed by atoms with van der Waals surface area (Å²) in [6, 6.07) is 11.9. The van der Waals surface area contributed by atoms with Gasteiger partial charge in [0.25, 0.3) is 0 Å². The molecule has 2 heterocycles. The summed E-state index contributed by atoms with van der Waals surface area (Å²) >= 11 is 0. The van der Waals surface area contributed by atoms with Gasteiger partial charge in [-0.3, -0.25) is 5.01 Å². The van der Waals surface area contributed by atoms with Crippen LogP contribution in [0.4, 0.5) is 5.82 Å². The Kier molecular flexibility index (Phi) is 4.36. The van der Waals surface area contributed by atoms with E-state index < -0.39 is 0 Å². The molecule has 1 aromatic carbocycles. The molecule has 0 saturated carbocycles. The molecule has 1 aliphatic heterocycles. The summed E-state index contributed by atoms with van der Waals surface area (Å²) in [5.41, 5.74) is 1.34. The summed E-state index contributed by atoms with van der Waals surface area (Å²) in [6.07, 6.45) is 1.64. The number of rotatable bonds is 4. The zero-order chi connectivity index (χ0) is 17.2. The van der Waals surface area contributed by atoms with Crippen molar-refractivity contribution in [2.24, 2.45) is 5.41 Å². The molecule has 24 heavy (non-hydrogen) atoms. The van der Waals surface area contributed by atoms with Crippen LogP contribution in [0.15, 0.2) is 36.5 Å². The molecular formula is C18H21N5O. The van der Waals surface area contributed by atoms with Crippen LogP contribution in [0.25, 0.3) is 0 Å². The van der Waals surface area contributed by atoms with Crippen molar-refractivity contribution in [2.45, 2.75) is 20.4 Å². The Hall–Kier alpha value is -2.65. The van der Waals surface area contributed by atoms with Crippen LogP contribution in [0, 0.1) is 16.7 Å². The van der Waals surface area contributed by atoms with E-state index in [1.165, 1.54) is 5.56 Å². The number of nitriles is 1. The van der Waals surface area contributed by atoms with Crippen LogP contribution in [-0.2, 0) is 6.54 Å². The number of hydrogen-bond donors (Lipinski definition) is 0. The Morgan fingerprint density at radius 2 is 1.96 bits per heavy atom. The Bertz CT molecular complexity index is 751.